The lowest BCUT2D eigenvalue weighted by atomic mass is 10.2. The van der Waals surface area contributed by atoms with E-state index in [1.807, 2.05) is 18.2 Å². The van der Waals surface area contributed by atoms with Gasteiger partial charge < -0.3 is 10.1 Å². The summed E-state index contributed by atoms with van der Waals surface area (Å²) in [5.74, 6) is -0.201. The van der Waals surface area contributed by atoms with Gasteiger partial charge in [0, 0.05) is 5.69 Å². The SMILES string of the molecule is CCOC(=O)CNCCCc1cccc(Br)n1. The minimum Gasteiger partial charge on any atom is -0.465 e. The Kier molecular flexibility index (Phi) is 6.81. The van der Waals surface area contributed by atoms with Gasteiger partial charge in [-0.1, -0.05) is 6.07 Å². The Labute approximate surface area is 110 Å². The van der Waals surface area contributed by atoms with Crippen LogP contribution in [0.2, 0.25) is 0 Å². The molecule has 0 unspecified atom stereocenters. The summed E-state index contributed by atoms with van der Waals surface area (Å²) in [6.07, 6.45) is 1.85. The molecular formula is C12H17BrN2O2. The predicted molar refractivity (Wildman–Crippen MR) is 69.8 cm³/mol. The molecule has 0 aliphatic heterocycles. The van der Waals surface area contributed by atoms with E-state index in [1.54, 1.807) is 6.92 Å². The quantitative estimate of drug-likeness (QED) is 0.475. The van der Waals surface area contributed by atoms with Gasteiger partial charge in [-0.3, -0.25) is 4.79 Å². The van der Waals surface area contributed by atoms with Crippen LogP contribution in [0.15, 0.2) is 22.8 Å². The number of nitrogens with one attached hydrogen (secondary N) is 1. The number of halogens is 1. The Morgan fingerprint density at radius 1 is 1.53 bits per heavy atom. The van der Waals surface area contributed by atoms with Crippen molar-refractivity contribution in [3.05, 3.63) is 28.5 Å². The number of hydrogen-bond donors (Lipinski definition) is 1. The number of hydrogen-bond acceptors (Lipinski definition) is 4. The number of nitrogens with zero attached hydrogens (tertiary/aromatic N) is 1. The fraction of sp³-hybridized carbons (Fsp3) is 0.500. The number of esters is 1. The van der Waals surface area contributed by atoms with Crippen molar-refractivity contribution in [3.8, 4) is 0 Å². The molecule has 0 bridgehead atoms. The molecule has 1 aromatic rings. The van der Waals surface area contributed by atoms with E-state index < -0.39 is 0 Å². The number of rotatable bonds is 7. The third kappa shape index (κ3) is 6.38. The highest BCUT2D eigenvalue weighted by molar-refractivity contribution is 9.10. The first kappa shape index (κ1) is 14.1. The lowest BCUT2D eigenvalue weighted by molar-refractivity contribution is -0.141. The molecule has 4 nitrogen and oxygen atoms in total. The van der Waals surface area contributed by atoms with Gasteiger partial charge in [0.2, 0.25) is 0 Å². The van der Waals surface area contributed by atoms with Crippen molar-refractivity contribution in [3.63, 3.8) is 0 Å². The van der Waals surface area contributed by atoms with Crippen molar-refractivity contribution in [1.82, 2.24) is 10.3 Å². The maximum absolute atomic E-state index is 11.0. The van der Waals surface area contributed by atoms with Crippen LogP contribution >= 0.6 is 15.9 Å². The van der Waals surface area contributed by atoms with E-state index in [0.717, 1.165) is 29.7 Å². The number of pyridine rings is 1. The number of carbonyl (C=O) groups is 1. The van der Waals surface area contributed by atoms with Crippen LogP contribution in [0, 0.1) is 0 Å². The van der Waals surface area contributed by atoms with Crippen LogP contribution in [0.4, 0.5) is 0 Å². The standard InChI is InChI=1S/C12H17BrN2O2/c1-2-17-12(16)9-14-8-4-6-10-5-3-7-11(13)15-10/h3,5,7,14H,2,4,6,8-9H2,1H3. The van der Waals surface area contributed by atoms with Gasteiger partial charge in [0.1, 0.15) is 4.60 Å². The highest BCUT2D eigenvalue weighted by Gasteiger charge is 2.00. The minimum atomic E-state index is -0.201. The Balaban J connectivity index is 2.10. The number of carbonyl (C=O) groups excluding carboxylic acids is 1. The average Bonchev–Trinajstić information content (AvgIpc) is 2.29. The first-order valence-electron chi connectivity index (χ1n) is 5.70. The van der Waals surface area contributed by atoms with Gasteiger partial charge in [-0.15, -0.1) is 0 Å². The third-order valence-electron chi connectivity index (χ3n) is 2.13. The monoisotopic (exact) mass is 300 g/mol. The molecule has 0 spiro atoms. The molecule has 0 radical (unpaired) electrons. The van der Waals surface area contributed by atoms with Gasteiger partial charge in [0.05, 0.1) is 13.2 Å². The topological polar surface area (TPSA) is 51.2 Å². The first-order chi connectivity index (χ1) is 8.22. The molecule has 0 aromatic carbocycles. The molecular weight excluding hydrogens is 284 g/mol. The van der Waals surface area contributed by atoms with E-state index in [2.05, 4.69) is 26.2 Å². The molecule has 0 fully saturated rings. The van der Waals surface area contributed by atoms with E-state index in [4.69, 9.17) is 4.74 Å². The summed E-state index contributed by atoms with van der Waals surface area (Å²) in [6.45, 7) is 3.30. The van der Waals surface area contributed by atoms with Crippen molar-refractivity contribution < 1.29 is 9.53 Å². The van der Waals surface area contributed by atoms with Crippen molar-refractivity contribution in [2.45, 2.75) is 19.8 Å². The zero-order valence-electron chi connectivity index (χ0n) is 9.91. The number of ether oxygens (including phenoxy) is 1. The van der Waals surface area contributed by atoms with E-state index in [1.165, 1.54) is 0 Å². The maximum Gasteiger partial charge on any atom is 0.319 e. The maximum atomic E-state index is 11.0. The molecule has 1 N–H and O–H groups in total. The zero-order chi connectivity index (χ0) is 12.5. The second kappa shape index (κ2) is 8.20. The second-order valence-electron chi connectivity index (χ2n) is 3.54. The van der Waals surface area contributed by atoms with Gasteiger partial charge in [0.15, 0.2) is 0 Å². The van der Waals surface area contributed by atoms with E-state index in [-0.39, 0.29) is 12.5 Å². The third-order valence-corrected chi connectivity index (χ3v) is 2.58. The molecule has 0 aliphatic rings. The summed E-state index contributed by atoms with van der Waals surface area (Å²) in [4.78, 5) is 15.4. The summed E-state index contributed by atoms with van der Waals surface area (Å²) in [7, 11) is 0. The molecule has 1 rings (SSSR count). The molecule has 0 saturated heterocycles. The predicted octanol–water partition coefficient (Wildman–Crippen LogP) is 1.93. The van der Waals surface area contributed by atoms with Crippen LogP contribution in [0.25, 0.3) is 0 Å². The average molecular weight is 301 g/mol. The number of aryl methyl sites for hydroxylation is 1. The molecule has 0 saturated carbocycles. The van der Waals surface area contributed by atoms with E-state index in [9.17, 15) is 4.79 Å². The van der Waals surface area contributed by atoms with Crippen molar-refractivity contribution in [1.29, 1.82) is 0 Å². The van der Waals surface area contributed by atoms with Gasteiger partial charge in [0.25, 0.3) is 0 Å². The fourth-order valence-corrected chi connectivity index (χ4v) is 1.77. The smallest absolute Gasteiger partial charge is 0.319 e. The summed E-state index contributed by atoms with van der Waals surface area (Å²) in [5.41, 5.74) is 1.05. The van der Waals surface area contributed by atoms with Gasteiger partial charge in [-0.05, 0) is 54.4 Å². The Morgan fingerprint density at radius 2 is 2.35 bits per heavy atom. The lowest BCUT2D eigenvalue weighted by Crippen LogP contribution is -2.25. The summed E-state index contributed by atoms with van der Waals surface area (Å²) >= 11 is 3.33. The van der Waals surface area contributed by atoms with Crippen LogP contribution in [-0.2, 0) is 16.0 Å². The van der Waals surface area contributed by atoms with Crippen LogP contribution in [-0.4, -0.2) is 30.6 Å². The highest BCUT2D eigenvalue weighted by atomic mass is 79.9. The van der Waals surface area contributed by atoms with Crippen molar-refractivity contribution >= 4 is 21.9 Å². The molecule has 0 aliphatic carbocycles. The summed E-state index contributed by atoms with van der Waals surface area (Å²) in [6, 6.07) is 5.87. The van der Waals surface area contributed by atoms with E-state index in [0.29, 0.717) is 6.61 Å². The second-order valence-corrected chi connectivity index (χ2v) is 4.35. The fourth-order valence-electron chi connectivity index (χ4n) is 1.39. The van der Waals surface area contributed by atoms with Crippen LogP contribution < -0.4 is 5.32 Å². The van der Waals surface area contributed by atoms with Crippen molar-refractivity contribution in [2.24, 2.45) is 0 Å². The zero-order valence-corrected chi connectivity index (χ0v) is 11.5. The van der Waals surface area contributed by atoms with E-state index >= 15 is 0 Å². The van der Waals surface area contributed by atoms with Gasteiger partial charge in [-0.2, -0.15) is 0 Å². The molecule has 0 atom stereocenters. The van der Waals surface area contributed by atoms with Gasteiger partial charge in [-0.25, -0.2) is 4.98 Å². The van der Waals surface area contributed by atoms with Crippen LogP contribution in [0.3, 0.4) is 0 Å². The largest absolute Gasteiger partial charge is 0.465 e. The Hall–Kier alpha value is -0.940. The highest BCUT2D eigenvalue weighted by Crippen LogP contribution is 2.07. The summed E-state index contributed by atoms with van der Waals surface area (Å²) < 4.78 is 5.66. The Bertz CT molecular complexity index is 358. The van der Waals surface area contributed by atoms with Crippen LogP contribution in [0.5, 0.6) is 0 Å². The normalized spacial score (nSPS) is 10.2. The molecule has 17 heavy (non-hydrogen) atoms. The Morgan fingerprint density at radius 3 is 3.06 bits per heavy atom. The van der Waals surface area contributed by atoms with Gasteiger partial charge >= 0.3 is 5.97 Å². The van der Waals surface area contributed by atoms with Crippen molar-refractivity contribution in [2.75, 3.05) is 19.7 Å². The molecule has 1 aromatic heterocycles. The molecule has 5 heteroatoms. The first-order valence-corrected chi connectivity index (χ1v) is 6.49. The minimum absolute atomic E-state index is 0.201. The lowest BCUT2D eigenvalue weighted by Gasteiger charge is -2.04. The number of aromatic nitrogens is 1. The van der Waals surface area contributed by atoms with Crippen LogP contribution in [0.1, 0.15) is 19.0 Å². The summed E-state index contributed by atoms with van der Waals surface area (Å²) in [5, 5.41) is 3.04. The molecule has 0 amide bonds. The molecule has 1 heterocycles. The molecule has 94 valence electrons.